The van der Waals surface area contributed by atoms with Crippen LogP contribution < -0.4 is 0 Å². The Morgan fingerprint density at radius 2 is 1.55 bits per heavy atom. The van der Waals surface area contributed by atoms with Crippen LogP contribution >= 0.6 is 0 Å². The van der Waals surface area contributed by atoms with Crippen LogP contribution in [0.25, 0.3) is 0 Å². The van der Waals surface area contributed by atoms with E-state index in [0.29, 0.717) is 10.8 Å². The van der Waals surface area contributed by atoms with Gasteiger partial charge in [0.15, 0.2) is 0 Å². The normalized spacial score (nSPS) is 23.1. The fourth-order valence-electron chi connectivity index (χ4n) is 3.73. The lowest BCUT2D eigenvalue weighted by molar-refractivity contribution is 0.0107. The van der Waals surface area contributed by atoms with Crippen LogP contribution in [0.5, 0.6) is 0 Å². The molecule has 0 aromatic rings. The maximum absolute atomic E-state index is 12.2. The first-order chi connectivity index (χ1) is 9.98. The monoisotopic (exact) mass is 310 g/mol. The second-order valence-corrected chi connectivity index (χ2v) is 9.49. The zero-order chi connectivity index (χ0) is 16.6. The van der Waals surface area contributed by atoms with Crippen molar-refractivity contribution in [3.8, 4) is 0 Å². The average Bonchev–Trinajstić information content (AvgIpc) is 2.68. The van der Waals surface area contributed by atoms with Crippen LogP contribution in [0.15, 0.2) is 0 Å². The summed E-state index contributed by atoms with van der Waals surface area (Å²) in [5.41, 5.74) is 0.398. The molecule has 1 amide bonds. The molecule has 0 N–H and O–H groups in total. The second kappa shape index (κ2) is 6.03. The van der Waals surface area contributed by atoms with Gasteiger partial charge in [0.2, 0.25) is 0 Å². The number of nitrogens with zero attached hydrogens (tertiary/aromatic N) is 2. The number of carbonyl (C=O) groups excluding carboxylic acids is 1. The van der Waals surface area contributed by atoms with E-state index in [1.54, 1.807) is 0 Å². The summed E-state index contributed by atoms with van der Waals surface area (Å²) in [7, 11) is 0. The number of likely N-dealkylation sites (tertiary alicyclic amines) is 2. The van der Waals surface area contributed by atoms with Gasteiger partial charge < -0.3 is 14.5 Å². The molecule has 22 heavy (non-hydrogen) atoms. The van der Waals surface area contributed by atoms with Crippen LogP contribution in [-0.4, -0.2) is 54.2 Å². The molecule has 0 unspecified atom stereocenters. The number of carbonyl (C=O) groups is 1. The second-order valence-electron chi connectivity index (χ2n) is 9.49. The summed E-state index contributed by atoms with van der Waals surface area (Å²) in [5, 5.41) is 0. The van der Waals surface area contributed by atoms with Crippen LogP contribution in [0.1, 0.15) is 60.8 Å². The molecular weight excluding hydrogens is 276 g/mol. The quantitative estimate of drug-likeness (QED) is 0.739. The standard InChI is InChI=1S/C18H34N2O2/c1-16(2,3)13-19-10-7-18(14-19)8-11-20(12-9-18)15(21)22-17(4,5)6/h7-14H2,1-6H3. The number of hydrogen-bond acceptors (Lipinski definition) is 3. The van der Waals surface area contributed by atoms with E-state index >= 15 is 0 Å². The van der Waals surface area contributed by atoms with Crippen LogP contribution in [0.4, 0.5) is 4.79 Å². The van der Waals surface area contributed by atoms with Gasteiger partial charge in [0.05, 0.1) is 0 Å². The fraction of sp³-hybridized carbons (Fsp3) is 0.944. The van der Waals surface area contributed by atoms with Gasteiger partial charge in [-0.05, 0) is 57.4 Å². The molecule has 2 aliphatic heterocycles. The molecule has 0 bridgehead atoms. The van der Waals surface area contributed by atoms with Crippen LogP contribution in [0.2, 0.25) is 0 Å². The number of ether oxygens (including phenoxy) is 1. The molecule has 4 nitrogen and oxygen atoms in total. The molecule has 2 heterocycles. The summed E-state index contributed by atoms with van der Waals surface area (Å²) >= 11 is 0. The molecule has 0 aliphatic carbocycles. The van der Waals surface area contributed by atoms with Crippen molar-refractivity contribution < 1.29 is 9.53 Å². The average molecular weight is 310 g/mol. The van der Waals surface area contributed by atoms with Crippen molar-refractivity contribution in [2.24, 2.45) is 10.8 Å². The fourth-order valence-corrected chi connectivity index (χ4v) is 3.73. The molecule has 0 aromatic carbocycles. The van der Waals surface area contributed by atoms with Gasteiger partial charge in [0, 0.05) is 26.2 Å². The molecule has 0 radical (unpaired) electrons. The molecule has 128 valence electrons. The van der Waals surface area contributed by atoms with E-state index in [2.05, 4.69) is 25.7 Å². The third kappa shape index (κ3) is 4.87. The Morgan fingerprint density at radius 1 is 1.00 bits per heavy atom. The molecule has 2 aliphatic rings. The highest BCUT2D eigenvalue weighted by Gasteiger charge is 2.42. The van der Waals surface area contributed by atoms with E-state index in [1.807, 2.05) is 25.7 Å². The predicted octanol–water partition coefficient (Wildman–Crippen LogP) is 3.76. The number of amides is 1. The summed E-state index contributed by atoms with van der Waals surface area (Å²) < 4.78 is 5.49. The lowest BCUT2D eigenvalue weighted by Gasteiger charge is -2.40. The Bertz CT molecular complexity index is 398. The maximum atomic E-state index is 12.2. The first-order valence-electron chi connectivity index (χ1n) is 8.68. The molecule has 0 saturated carbocycles. The Labute approximate surface area is 136 Å². The largest absolute Gasteiger partial charge is 0.444 e. The third-order valence-electron chi connectivity index (χ3n) is 4.69. The lowest BCUT2D eigenvalue weighted by atomic mass is 9.78. The van der Waals surface area contributed by atoms with Gasteiger partial charge in [-0.15, -0.1) is 0 Å². The van der Waals surface area contributed by atoms with E-state index in [-0.39, 0.29) is 6.09 Å². The highest BCUT2D eigenvalue weighted by Crippen LogP contribution is 2.41. The van der Waals surface area contributed by atoms with E-state index < -0.39 is 5.60 Å². The lowest BCUT2D eigenvalue weighted by Crippen LogP contribution is -2.46. The van der Waals surface area contributed by atoms with E-state index in [1.165, 1.54) is 26.1 Å². The minimum atomic E-state index is -0.400. The van der Waals surface area contributed by atoms with Gasteiger partial charge in [-0.25, -0.2) is 4.79 Å². The van der Waals surface area contributed by atoms with Gasteiger partial charge in [0.1, 0.15) is 5.60 Å². The van der Waals surface area contributed by atoms with Crippen molar-refractivity contribution in [2.75, 3.05) is 32.7 Å². The molecule has 1 spiro atoms. The predicted molar refractivity (Wildman–Crippen MR) is 90.0 cm³/mol. The van der Waals surface area contributed by atoms with E-state index in [9.17, 15) is 4.79 Å². The van der Waals surface area contributed by atoms with Crippen molar-refractivity contribution in [1.29, 1.82) is 0 Å². The van der Waals surface area contributed by atoms with Crippen LogP contribution in [0.3, 0.4) is 0 Å². The van der Waals surface area contributed by atoms with Gasteiger partial charge in [-0.1, -0.05) is 20.8 Å². The SMILES string of the molecule is CC(C)(C)CN1CCC2(CCN(C(=O)OC(C)(C)C)CC2)C1. The van der Waals surface area contributed by atoms with Gasteiger partial charge in [-0.2, -0.15) is 0 Å². The van der Waals surface area contributed by atoms with Crippen LogP contribution in [0, 0.1) is 10.8 Å². The Balaban J connectivity index is 1.84. The number of hydrogen-bond donors (Lipinski definition) is 0. The Hall–Kier alpha value is -0.770. The minimum absolute atomic E-state index is 0.146. The highest BCUT2D eigenvalue weighted by molar-refractivity contribution is 5.68. The minimum Gasteiger partial charge on any atom is -0.444 e. The first-order valence-corrected chi connectivity index (χ1v) is 8.68. The molecule has 0 aromatic heterocycles. The molecule has 0 atom stereocenters. The summed E-state index contributed by atoms with van der Waals surface area (Å²) in [6.07, 6.45) is 3.37. The summed E-state index contributed by atoms with van der Waals surface area (Å²) in [6, 6.07) is 0. The highest BCUT2D eigenvalue weighted by atomic mass is 16.6. The Morgan fingerprint density at radius 3 is 2.05 bits per heavy atom. The Kier molecular flexibility index (Phi) is 4.82. The van der Waals surface area contributed by atoms with Gasteiger partial charge in [0.25, 0.3) is 0 Å². The van der Waals surface area contributed by atoms with Gasteiger partial charge in [-0.3, -0.25) is 0 Å². The van der Waals surface area contributed by atoms with Crippen LogP contribution in [-0.2, 0) is 4.74 Å². The molecule has 2 saturated heterocycles. The first kappa shape index (κ1) is 17.6. The third-order valence-corrected chi connectivity index (χ3v) is 4.69. The van der Waals surface area contributed by atoms with Gasteiger partial charge >= 0.3 is 6.09 Å². The number of rotatable bonds is 1. The van der Waals surface area contributed by atoms with E-state index in [4.69, 9.17) is 4.74 Å². The molecule has 2 fully saturated rings. The molecule has 4 heteroatoms. The van der Waals surface area contributed by atoms with Crippen molar-refractivity contribution in [3.63, 3.8) is 0 Å². The molecular formula is C18H34N2O2. The summed E-state index contributed by atoms with van der Waals surface area (Å²) in [6.45, 7) is 18.0. The van der Waals surface area contributed by atoms with E-state index in [0.717, 1.165) is 25.9 Å². The van der Waals surface area contributed by atoms with Crippen molar-refractivity contribution in [2.45, 2.75) is 66.4 Å². The van der Waals surface area contributed by atoms with Crippen molar-refractivity contribution in [1.82, 2.24) is 9.80 Å². The summed E-state index contributed by atoms with van der Waals surface area (Å²) in [5.74, 6) is 0. The zero-order valence-corrected chi connectivity index (χ0v) is 15.4. The molecule has 2 rings (SSSR count). The smallest absolute Gasteiger partial charge is 0.410 e. The summed E-state index contributed by atoms with van der Waals surface area (Å²) in [4.78, 5) is 16.7. The van der Waals surface area contributed by atoms with Crippen molar-refractivity contribution in [3.05, 3.63) is 0 Å². The number of piperidine rings is 1. The van der Waals surface area contributed by atoms with Crippen molar-refractivity contribution >= 4 is 6.09 Å². The topological polar surface area (TPSA) is 32.8 Å². The zero-order valence-electron chi connectivity index (χ0n) is 15.4. The maximum Gasteiger partial charge on any atom is 0.410 e.